The first-order chi connectivity index (χ1) is 32.0. The molecule has 10 aromatic carbocycles. The molecule has 10 aromatic rings. The van der Waals surface area contributed by atoms with E-state index in [2.05, 4.69) is 221 Å². The van der Waals surface area contributed by atoms with Gasteiger partial charge in [-0.15, -0.1) is 0 Å². The van der Waals surface area contributed by atoms with Crippen LogP contribution in [0.3, 0.4) is 0 Å². The molecule has 2 heteroatoms. The van der Waals surface area contributed by atoms with Crippen molar-refractivity contribution in [2.24, 2.45) is 9.98 Å². The summed E-state index contributed by atoms with van der Waals surface area (Å²) in [5, 5.41) is 7.44. The van der Waals surface area contributed by atoms with Gasteiger partial charge in [0.25, 0.3) is 0 Å². The SMILES string of the molecule is CC/C(C)=C(/N=C(N=C(C)c1ccccc1)c1ccccc1)c1ccc2c3ccccc3c3cccc(-c4ccc5c(c4)-c4ccccc4C54c5ccccc5-c5ccccc54)c3c2c1. The predicted molar refractivity (Wildman–Crippen MR) is 275 cm³/mol. The van der Waals surface area contributed by atoms with E-state index in [9.17, 15) is 0 Å². The molecule has 2 aliphatic carbocycles. The van der Waals surface area contributed by atoms with Gasteiger partial charge in [-0.1, -0.05) is 207 Å². The van der Waals surface area contributed by atoms with E-state index in [1.807, 2.05) is 12.1 Å². The van der Waals surface area contributed by atoms with Gasteiger partial charge >= 0.3 is 0 Å². The first-order valence-electron chi connectivity index (χ1n) is 22.8. The highest BCUT2D eigenvalue weighted by atomic mass is 14.9. The summed E-state index contributed by atoms with van der Waals surface area (Å²) in [7, 11) is 0. The lowest BCUT2D eigenvalue weighted by molar-refractivity contribution is 0.794. The smallest absolute Gasteiger partial charge is 0.160 e. The molecular weight excluding hydrogens is 785 g/mol. The highest BCUT2D eigenvalue weighted by molar-refractivity contribution is 6.29. The monoisotopic (exact) mass is 830 g/mol. The lowest BCUT2D eigenvalue weighted by atomic mass is 9.70. The van der Waals surface area contributed by atoms with Crippen LogP contribution < -0.4 is 0 Å². The number of rotatable bonds is 6. The van der Waals surface area contributed by atoms with E-state index in [1.165, 1.54) is 93.5 Å². The number of allylic oxidation sites excluding steroid dienone is 1. The van der Waals surface area contributed by atoms with Crippen molar-refractivity contribution in [2.75, 3.05) is 0 Å². The van der Waals surface area contributed by atoms with Crippen LogP contribution in [0.25, 0.3) is 71.4 Å². The van der Waals surface area contributed by atoms with Gasteiger partial charge in [-0.25, -0.2) is 9.98 Å². The number of aliphatic imine (C=N–C) groups is 2. The van der Waals surface area contributed by atoms with Gasteiger partial charge in [0.05, 0.1) is 11.1 Å². The minimum absolute atomic E-state index is 0.378. The lowest BCUT2D eigenvalue weighted by Gasteiger charge is -2.30. The third-order valence-electron chi connectivity index (χ3n) is 14.1. The van der Waals surface area contributed by atoms with Gasteiger partial charge in [0, 0.05) is 16.8 Å². The quantitative estimate of drug-likeness (QED) is 0.0906. The Bertz CT molecular complexity index is 3600. The summed E-state index contributed by atoms with van der Waals surface area (Å²) in [6.45, 7) is 6.49. The molecular formula is C63H46N2. The van der Waals surface area contributed by atoms with Crippen LogP contribution in [0.1, 0.15) is 66.1 Å². The largest absolute Gasteiger partial charge is 0.233 e. The topological polar surface area (TPSA) is 24.7 Å². The van der Waals surface area contributed by atoms with E-state index < -0.39 is 0 Å². The van der Waals surface area contributed by atoms with E-state index in [0.717, 1.165) is 34.5 Å². The van der Waals surface area contributed by atoms with Crippen LogP contribution in [-0.2, 0) is 5.41 Å². The predicted octanol–water partition coefficient (Wildman–Crippen LogP) is 16.3. The molecule has 0 heterocycles. The summed E-state index contributed by atoms with van der Waals surface area (Å²) >= 11 is 0. The Morgan fingerprint density at radius 3 is 1.54 bits per heavy atom. The second-order valence-electron chi connectivity index (χ2n) is 17.5. The van der Waals surface area contributed by atoms with Crippen molar-refractivity contribution in [2.45, 2.75) is 32.6 Å². The minimum Gasteiger partial charge on any atom is -0.233 e. The third kappa shape index (κ3) is 5.94. The highest BCUT2D eigenvalue weighted by Crippen LogP contribution is 2.63. The number of hydrogen-bond acceptors (Lipinski definition) is 1. The molecule has 0 aliphatic heterocycles. The third-order valence-corrected chi connectivity index (χ3v) is 14.1. The van der Waals surface area contributed by atoms with Crippen LogP contribution in [0, 0.1) is 0 Å². The van der Waals surface area contributed by atoms with Crippen LogP contribution in [0.5, 0.6) is 0 Å². The molecule has 308 valence electrons. The Balaban J connectivity index is 1.09. The Kier molecular flexibility index (Phi) is 9.17. The maximum Gasteiger partial charge on any atom is 0.160 e. The molecule has 12 rings (SSSR count). The van der Waals surface area contributed by atoms with Crippen LogP contribution >= 0.6 is 0 Å². The molecule has 0 unspecified atom stereocenters. The van der Waals surface area contributed by atoms with Gasteiger partial charge < -0.3 is 0 Å². The Labute approximate surface area is 380 Å². The average molecular weight is 831 g/mol. The van der Waals surface area contributed by atoms with Crippen molar-refractivity contribution in [3.05, 3.63) is 257 Å². The number of nitrogens with zero attached hydrogens (tertiary/aromatic N) is 2. The van der Waals surface area contributed by atoms with Gasteiger partial charge in [0.1, 0.15) is 0 Å². The van der Waals surface area contributed by atoms with Crippen molar-refractivity contribution >= 4 is 49.6 Å². The molecule has 0 fully saturated rings. The molecule has 0 amide bonds. The molecule has 0 radical (unpaired) electrons. The van der Waals surface area contributed by atoms with Gasteiger partial charge in [0.15, 0.2) is 5.84 Å². The molecule has 1 spiro atoms. The summed E-state index contributed by atoms with van der Waals surface area (Å²) < 4.78 is 0. The fourth-order valence-corrected chi connectivity index (χ4v) is 11.0. The second kappa shape index (κ2) is 15.4. The van der Waals surface area contributed by atoms with Crippen LogP contribution in [0.2, 0.25) is 0 Å². The van der Waals surface area contributed by atoms with Gasteiger partial charge in [-0.2, -0.15) is 0 Å². The maximum absolute atomic E-state index is 5.52. The zero-order valence-electron chi connectivity index (χ0n) is 36.8. The van der Waals surface area contributed by atoms with Gasteiger partial charge in [0.2, 0.25) is 0 Å². The first kappa shape index (κ1) is 38.7. The minimum atomic E-state index is -0.378. The van der Waals surface area contributed by atoms with E-state index in [4.69, 9.17) is 9.98 Å². The standard InChI is InChI=1S/C63H46N2/c1-4-40(2)61(65-62(43-22-9-6-10-23-43)64-41(3)42-20-7-5-8-21-42)45-34-36-49-47-24-11-12-25-48(47)53-30-19-29-46(60(53)55(49)39-45)44-35-37-59-54(38-44)52-28-15-18-33-58(52)63(59)56-31-16-13-26-50(56)51-27-14-17-32-57(51)63/h5-39H,4H2,1-3H3/b61-40+,64-41?,65-62?. The molecule has 0 N–H and O–H groups in total. The van der Waals surface area contributed by atoms with E-state index in [1.54, 1.807) is 0 Å². The summed E-state index contributed by atoms with van der Waals surface area (Å²) in [6.07, 6.45) is 0.858. The van der Waals surface area contributed by atoms with Crippen LogP contribution in [-0.4, -0.2) is 11.5 Å². The van der Waals surface area contributed by atoms with Crippen molar-refractivity contribution < 1.29 is 0 Å². The van der Waals surface area contributed by atoms with Crippen molar-refractivity contribution in [1.29, 1.82) is 0 Å². The average Bonchev–Trinajstić information content (AvgIpc) is 3.84. The highest BCUT2D eigenvalue weighted by Gasteiger charge is 2.51. The zero-order valence-corrected chi connectivity index (χ0v) is 36.8. The zero-order chi connectivity index (χ0) is 43.6. The summed E-state index contributed by atoms with van der Waals surface area (Å²) in [5.74, 6) is 0.697. The fraction of sp³-hybridized carbons (Fsp3) is 0.0794. The summed E-state index contributed by atoms with van der Waals surface area (Å²) in [4.78, 5) is 10.8. The normalized spacial score (nSPS) is 14.1. The molecule has 0 saturated carbocycles. The second-order valence-corrected chi connectivity index (χ2v) is 17.5. The number of benzene rings is 10. The Hall–Kier alpha value is -7.94. The molecule has 0 aromatic heterocycles. The molecule has 65 heavy (non-hydrogen) atoms. The lowest BCUT2D eigenvalue weighted by Crippen LogP contribution is -2.25. The number of amidine groups is 1. The first-order valence-corrected chi connectivity index (χ1v) is 22.8. The molecule has 0 saturated heterocycles. The van der Waals surface area contributed by atoms with Gasteiger partial charge in [-0.05, 0) is 131 Å². The Morgan fingerprint density at radius 1 is 0.385 bits per heavy atom. The number of fused-ring (bicyclic) bond motifs is 16. The molecule has 2 nitrogen and oxygen atoms in total. The van der Waals surface area contributed by atoms with Crippen LogP contribution in [0.15, 0.2) is 228 Å². The molecule has 0 bridgehead atoms. The molecule has 2 aliphatic rings. The van der Waals surface area contributed by atoms with Crippen LogP contribution in [0.4, 0.5) is 0 Å². The fourth-order valence-electron chi connectivity index (χ4n) is 11.0. The van der Waals surface area contributed by atoms with E-state index in [-0.39, 0.29) is 5.41 Å². The molecule has 0 atom stereocenters. The van der Waals surface area contributed by atoms with Gasteiger partial charge in [-0.3, -0.25) is 0 Å². The summed E-state index contributed by atoms with van der Waals surface area (Å²) in [6, 6.07) is 77.9. The maximum atomic E-state index is 5.52. The van der Waals surface area contributed by atoms with E-state index in [0.29, 0.717) is 5.84 Å². The summed E-state index contributed by atoms with van der Waals surface area (Å²) in [5.41, 5.74) is 18.9. The number of hydrogen-bond donors (Lipinski definition) is 0. The van der Waals surface area contributed by atoms with E-state index >= 15 is 0 Å². The Morgan fingerprint density at radius 2 is 0.892 bits per heavy atom. The van der Waals surface area contributed by atoms with Crippen molar-refractivity contribution in [1.82, 2.24) is 0 Å². The van der Waals surface area contributed by atoms with Crippen molar-refractivity contribution in [3.63, 3.8) is 0 Å². The van der Waals surface area contributed by atoms with Crippen molar-refractivity contribution in [3.8, 4) is 33.4 Å².